The molecule has 0 aliphatic carbocycles. The van der Waals surface area contributed by atoms with E-state index in [9.17, 15) is 11.0 Å². The Bertz CT molecular complexity index is 4580. The number of hydrogen-bond donors (Lipinski definition) is 0. The molecule has 3 heterocycles. The second kappa shape index (κ2) is 14.5. The lowest BCUT2D eigenvalue weighted by atomic mass is 9.84. The number of hydrogen-bond acceptors (Lipinski definition) is 3. The predicted octanol–water partition coefficient (Wildman–Crippen LogP) is 16.3. The summed E-state index contributed by atoms with van der Waals surface area (Å²) in [5, 5.41) is 1.38. The van der Waals surface area contributed by atoms with Crippen LogP contribution < -0.4 is 0 Å². The zero-order valence-electron chi connectivity index (χ0n) is 49.7. The molecule has 2 nitrogen and oxygen atoms in total. The smallest absolute Gasteiger partial charge is 0.0972 e. The van der Waals surface area contributed by atoms with Crippen molar-refractivity contribution in [3.05, 3.63) is 218 Å². The monoisotopic (exact) mass is 810 g/mol. The summed E-state index contributed by atoms with van der Waals surface area (Å²) in [5.41, 5.74) is 2.32. The van der Waals surface area contributed by atoms with Crippen LogP contribution in [0.4, 0.5) is 0 Å². The van der Waals surface area contributed by atoms with E-state index in [2.05, 4.69) is 4.98 Å². The van der Waals surface area contributed by atoms with Gasteiger partial charge in [-0.05, 0) is 72.3 Å². The Morgan fingerprint density at radius 2 is 0.902 bits per heavy atom. The molecule has 0 aliphatic heterocycles. The maximum Gasteiger partial charge on any atom is 0.0972 e. The third-order valence-electron chi connectivity index (χ3n) is 10.9. The molecule has 0 spiro atoms. The Kier molecular flexibility index (Phi) is 5.12. The van der Waals surface area contributed by atoms with Crippen molar-refractivity contribution in [1.29, 1.82) is 0 Å². The minimum Gasteiger partial charge on any atom is -0.254 e. The minimum atomic E-state index is -0.818. The molecule has 0 atom stereocenters. The van der Waals surface area contributed by atoms with Gasteiger partial charge in [-0.3, -0.25) is 4.98 Å². The van der Waals surface area contributed by atoms with E-state index in [1.807, 2.05) is 72.8 Å². The van der Waals surface area contributed by atoms with E-state index in [0.29, 0.717) is 54.6 Å². The Morgan fingerprint density at radius 1 is 0.361 bits per heavy atom. The van der Waals surface area contributed by atoms with Crippen LogP contribution in [0.2, 0.25) is 0 Å². The molecule has 284 valence electrons. The summed E-state index contributed by atoms with van der Waals surface area (Å²) in [6.07, 6.45) is 1.71. The van der Waals surface area contributed by atoms with Gasteiger partial charge in [0, 0.05) is 49.0 Å². The predicted molar refractivity (Wildman–Crippen MR) is 260 cm³/mol. The van der Waals surface area contributed by atoms with Crippen LogP contribution in [0.1, 0.15) is 24.7 Å². The van der Waals surface area contributed by atoms with Gasteiger partial charge in [-0.2, -0.15) is 0 Å². The van der Waals surface area contributed by atoms with E-state index in [4.69, 9.17) is 18.7 Å². The van der Waals surface area contributed by atoms with Crippen molar-refractivity contribution in [2.24, 2.45) is 0 Å². The molecule has 0 aliphatic rings. The first-order valence-electron chi connectivity index (χ1n) is 28.3. The molecular formula is C58H36N2S. The Hall–Kier alpha value is -7.72. The van der Waals surface area contributed by atoms with Gasteiger partial charge >= 0.3 is 0 Å². The first-order valence-corrected chi connectivity index (χ1v) is 20.1. The largest absolute Gasteiger partial charge is 0.254 e. The van der Waals surface area contributed by atoms with Crippen LogP contribution >= 0.6 is 11.3 Å². The van der Waals surface area contributed by atoms with Gasteiger partial charge in [0.25, 0.3) is 0 Å². The Labute approximate surface area is 383 Å². The number of rotatable bonds is 6. The van der Waals surface area contributed by atoms with Crippen LogP contribution in [-0.4, -0.2) is 9.97 Å². The zero-order chi connectivity index (χ0) is 55.9. The fraction of sp³-hybridized carbons (Fsp3) is 0. The lowest BCUT2D eigenvalue weighted by molar-refractivity contribution is 1.37. The molecule has 3 heteroatoms. The third-order valence-corrected chi connectivity index (χ3v) is 12.2. The molecule has 61 heavy (non-hydrogen) atoms. The van der Waals surface area contributed by atoms with Crippen molar-refractivity contribution >= 4 is 65.5 Å². The molecule has 0 radical (unpaired) electrons. The second-order valence-electron chi connectivity index (χ2n) is 14.2. The van der Waals surface area contributed by atoms with Crippen molar-refractivity contribution in [3.8, 4) is 65.5 Å². The molecule has 12 rings (SSSR count). The maximum atomic E-state index is 9.80. The van der Waals surface area contributed by atoms with E-state index < -0.39 is 141 Å². The summed E-state index contributed by atoms with van der Waals surface area (Å²) in [6, 6.07) is 18.1. The normalized spacial score (nSPS) is 15.7. The number of aromatic nitrogens is 2. The van der Waals surface area contributed by atoms with E-state index in [-0.39, 0.29) is 21.6 Å². The van der Waals surface area contributed by atoms with Crippen LogP contribution in [-0.2, 0) is 0 Å². The second-order valence-corrected chi connectivity index (χ2v) is 15.3. The zero-order valence-corrected chi connectivity index (χ0v) is 32.5. The molecule has 0 saturated carbocycles. The highest BCUT2D eigenvalue weighted by Gasteiger charge is 2.28. The highest BCUT2D eigenvalue weighted by molar-refractivity contribution is 7.20. The first kappa shape index (κ1) is 21.5. The lowest BCUT2D eigenvalue weighted by Gasteiger charge is -2.19. The fourth-order valence-electron chi connectivity index (χ4n) is 8.36. The Morgan fingerprint density at radius 3 is 1.57 bits per heavy atom. The molecule has 0 N–H and O–H groups in total. The molecule has 0 bridgehead atoms. The standard InChI is InChI=1S/C58H36N2S/c1-4-17-37(18-5-1)51-45-26-12-14-28-47(45)53(48-29-15-13-27-46(48)51)58-52(38-19-6-2-7-20-38)54(57(61-58)41-21-8-3-9-22-41)49-34-33-44(42-24-10-11-25-43(42)49)50-35-32-40-31-30-39-23-16-36-59-55(39)56(40)60-50/h1-36H/i1D,2D,4D,5D,6D,7D,12D,13D,14D,15D,17D,18D,19D,20D,26D,27D,28D,29D. The topological polar surface area (TPSA) is 25.8 Å². The van der Waals surface area contributed by atoms with Crippen LogP contribution in [0.5, 0.6) is 0 Å². The first-order chi connectivity index (χ1) is 37.8. The van der Waals surface area contributed by atoms with Crippen molar-refractivity contribution in [2.75, 3.05) is 0 Å². The lowest BCUT2D eigenvalue weighted by Crippen LogP contribution is -1.93. The van der Waals surface area contributed by atoms with Crippen molar-refractivity contribution in [3.63, 3.8) is 0 Å². The fourth-order valence-corrected chi connectivity index (χ4v) is 9.75. The number of fused-ring (bicyclic) bond motifs is 6. The van der Waals surface area contributed by atoms with Crippen LogP contribution in [0.3, 0.4) is 0 Å². The van der Waals surface area contributed by atoms with Crippen molar-refractivity contribution in [1.82, 2.24) is 9.97 Å². The van der Waals surface area contributed by atoms with E-state index in [1.54, 1.807) is 36.5 Å². The van der Waals surface area contributed by atoms with Crippen molar-refractivity contribution < 1.29 is 24.7 Å². The summed E-state index contributed by atoms with van der Waals surface area (Å²) in [4.78, 5) is 10.2. The van der Waals surface area contributed by atoms with Gasteiger partial charge in [-0.25, -0.2) is 4.98 Å². The Balaban J connectivity index is 1.33. The van der Waals surface area contributed by atoms with Crippen LogP contribution in [0.15, 0.2) is 218 Å². The number of pyridine rings is 2. The molecule has 0 unspecified atom stereocenters. The van der Waals surface area contributed by atoms with Gasteiger partial charge in [-0.15, -0.1) is 11.3 Å². The molecule has 12 aromatic rings. The van der Waals surface area contributed by atoms with Gasteiger partial charge in [0.2, 0.25) is 0 Å². The summed E-state index contributed by atoms with van der Waals surface area (Å²) >= 11 is 1.00. The maximum absolute atomic E-state index is 9.80. The average molecular weight is 811 g/mol. The highest BCUT2D eigenvalue weighted by atomic mass is 32.1. The summed E-state index contributed by atoms with van der Waals surface area (Å²) in [7, 11) is 0. The van der Waals surface area contributed by atoms with Gasteiger partial charge in [0.1, 0.15) is 0 Å². The van der Waals surface area contributed by atoms with Crippen molar-refractivity contribution in [2.45, 2.75) is 0 Å². The molecule has 3 aromatic heterocycles. The summed E-state index contributed by atoms with van der Waals surface area (Å²) in [6.45, 7) is 0. The minimum absolute atomic E-state index is 0.0335. The van der Waals surface area contributed by atoms with E-state index in [1.165, 1.54) is 0 Å². The van der Waals surface area contributed by atoms with Gasteiger partial charge in [-0.1, -0.05) is 200 Å². The third kappa shape index (κ3) is 5.78. The van der Waals surface area contributed by atoms with Gasteiger partial charge < -0.3 is 0 Å². The van der Waals surface area contributed by atoms with E-state index in [0.717, 1.165) is 22.1 Å². The molecule has 0 amide bonds. The number of benzene rings is 9. The quantitative estimate of drug-likeness (QED) is 0.123. The number of thiophene rings is 1. The van der Waals surface area contributed by atoms with E-state index >= 15 is 0 Å². The number of nitrogens with zero attached hydrogens (tertiary/aromatic N) is 2. The molecule has 0 fully saturated rings. The highest BCUT2D eigenvalue weighted by Crippen LogP contribution is 2.56. The van der Waals surface area contributed by atoms with Crippen LogP contribution in [0, 0.1) is 0 Å². The molecular weight excluding hydrogens is 757 g/mol. The SMILES string of the molecule is [2H]c1c([2H])c([2H])c(-c2c(-c3c4c([2H])c([2H])c([2H])c([2H])c4c(-c4c([2H])c([2H])c([2H])c([2H])c4[2H])c4c([2H])c([2H])c([2H])c([2H])c34)sc(-c3ccccc3)c2-c2ccc(-c3ccc4ccc5cccnc5c4n3)c3ccccc23)c([2H])c1[2H]. The van der Waals surface area contributed by atoms with Gasteiger partial charge in [0.15, 0.2) is 0 Å². The average Bonchev–Trinajstić information content (AvgIpc) is 4.00. The molecule has 0 saturated heterocycles. The summed E-state index contributed by atoms with van der Waals surface area (Å²) < 4.78 is 166. The summed E-state index contributed by atoms with van der Waals surface area (Å²) in [5.74, 6) is 0. The molecule has 9 aromatic carbocycles. The van der Waals surface area contributed by atoms with Gasteiger partial charge in [0.05, 0.1) is 41.4 Å². The van der Waals surface area contributed by atoms with Crippen LogP contribution in [0.25, 0.3) is 120 Å².